The zero-order valence-corrected chi connectivity index (χ0v) is 10.6. The molecular weight excluding hydrogens is 241 g/mol. The van der Waals surface area contributed by atoms with E-state index in [0.29, 0.717) is 17.9 Å². The van der Waals surface area contributed by atoms with Gasteiger partial charge in [-0.3, -0.25) is 0 Å². The van der Waals surface area contributed by atoms with Crippen LogP contribution in [0.4, 0.5) is 10.1 Å². The van der Waals surface area contributed by atoms with Gasteiger partial charge in [0.1, 0.15) is 11.6 Å². The molecule has 0 aromatic heterocycles. The Balaban J connectivity index is 2.08. The van der Waals surface area contributed by atoms with Gasteiger partial charge in [-0.05, 0) is 24.3 Å². The molecule has 0 atom stereocenters. The van der Waals surface area contributed by atoms with Gasteiger partial charge in [0.25, 0.3) is 0 Å². The van der Waals surface area contributed by atoms with Gasteiger partial charge in [-0.1, -0.05) is 18.1 Å². The van der Waals surface area contributed by atoms with Crippen LogP contribution < -0.4 is 10.1 Å². The summed E-state index contributed by atoms with van der Waals surface area (Å²) in [5, 5.41) is 3.14. The average Bonchev–Trinajstić information content (AvgIpc) is 2.46. The van der Waals surface area contributed by atoms with E-state index in [2.05, 4.69) is 11.2 Å². The number of benzene rings is 2. The number of hydrogen-bond acceptors (Lipinski definition) is 2. The smallest absolute Gasteiger partial charge is 0.131 e. The lowest BCUT2D eigenvalue weighted by Crippen LogP contribution is -2.02. The van der Waals surface area contributed by atoms with Crippen LogP contribution in [-0.4, -0.2) is 7.11 Å². The lowest BCUT2D eigenvalue weighted by Gasteiger charge is -2.09. The van der Waals surface area contributed by atoms with Crippen LogP contribution in [0, 0.1) is 18.2 Å². The van der Waals surface area contributed by atoms with Crippen molar-refractivity contribution in [2.75, 3.05) is 12.4 Å². The zero-order valence-electron chi connectivity index (χ0n) is 10.6. The summed E-state index contributed by atoms with van der Waals surface area (Å²) >= 11 is 0. The van der Waals surface area contributed by atoms with Crippen LogP contribution in [0.2, 0.25) is 0 Å². The highest BCUT2D eigenvalue weighted by Gasteiger charge is 2.04. The first-order valence-corrected chi connectivity index (χ1v) is 5.86. The van der Waals surface area contributed by atoms with Crippen molar-refractivity contribution in [2.45, 2.75) is 6.54 Å². The molecule has 0 unspecified atom stereocenters. The molecule has 0 bridgehead atoms. The third kappa shape index (κ3) is 3.26. The summed E-state index contributed by atoms with van der Waals surface area (Å²) in [7, 11) is 1.51. The summed E-state index contributed by atoms with van der Waals surface area (Å²) in [5.74, 6) is 2.78. The molecule has 0 aliphatic rings. The van der Waals surface area contributed by atoms with Crippen molar-refractivity contribution in [1.82, 2.24) is 0 Å². The van der Waals surface area contributed by atoms with Gasteiger partial charge in [0.15, 0.2) is 0 Å². The second-order valence-electron chi connectivity index (χ2n) is 4.04. The van der Waals surface area contributed by atoms with Crippen LogP contribution in [0.3, 0.4) is 0 Å². The van der Waals surface area contributed by atoms with Crippen LogP contribution in [0.25, 0.3) is 0 Å². The topological polar surface area (TPSA) is 21.3 Å². The molecule has 96 valence electrons. The molecule has 2 rings (SSSR count). The number of nitrogens with one attached hydrogen (secondary N) is 1. The first-order chi connectivity index (χ1) is 9.22. The highest BCUT2D eigenvalue weighted by Crippen LogP contribution is 2.18. The highest BCUT2D eigenvalue weighted by molar-refractivity contribution is 5.50. The molecule has 2 aromatic carbocycles. The first kappa shape index (κ1) is 13.0. The number of halogens is 1. The molecule has 0 heterocycles. The lowest BCUT2D eigenvalue weighted by molar-refractivity contribution is 0.411. The first-order valence-electron chi connectivity index (χ1n) is 5.86. The maximum atomic E-state index is 13.7. The Kier molecular flexibility index (Phi) is 4.04. The Hall–Kier alpha value is -2.47. The molecule has 0 saturated heterocycles. The summed E-state index contributed by atoms with van der Waals surface area (Å²) in [4.78, 5) is 0. The Morgan fingerprint density at radius 1 is 1.26 bits per heavy atom. The van der Waals surface area contributed by atoms with E-state index in [1.54, 1.807) is 12.1 Å². The molecule has 0 spiro atoms. The van der Waals surface area contributed by atoms with Crippen molar-refractivity contribution in [3.63, 3.8) is 0 Å². The largest absolute Gasteiger partial charge is 0.497 e. The number of ether oxygens (including phenoxy) is 1. The van der Waals surface area contributed by atoms with Crippen LogP contribution in [0.5, 0.6) is 5.75 Å². The summed E-state index contributed by atoms with van der Waals surface area (Å²) in [6.45, 7) is 0.393. The van der Waals surface area contributed by atoms with Crippen LogP contribution >= 0.6 is 0 Å². The van der Waals surface area contributed by atoms with Crippen molar-refractivity contribution in [2.24, 2.45) is 0 Å². The van der Waals surface area contributed by atoms with E-state index in [4.69, 9.17) is 11.2 Å². The van der Waals surface area contributed by atoms with E-state index >= 15 is 0 Å². The second kappa shape index (κ2) is 5.92. The van der Waals surface area contributed by atoms with Gasteiger partial charge in [0.2, 0.25) is 0 Å². The zero-order chi connectivity index (χ0) is 13.7. The SMILES string of the molecule is C#Cc1cccc(NCc2ccc(OC)cc2F)c1. The normalized spacial score (nSPS) is 9.74. The maximum Gasteiger partial charge on any atom is 0.131 e. The summed E-state index contributed by atoms with van der Waals surface area (Å²) < 4.78 is 18.7. The van der Waals surface area contributed by atoms with E-state index < -0.39 is 0 Å². The molecule has 0 aliphatic carbocycles. The number of terminal acetylenes is 1. The van der Waals surface area contributed by atoms with E-state index in [-0.39, 0.29) is 5.82 Å². The fourth-order valence-electron chi connectivity index (χ4n) is 1.71. The molecule has 3 heteroatoms. The minimum Gasteiger partial charge on any atom is -0.497 e. The Labute approximate surface area is 112 Å². The molecule has 0 aliphatic heterocycles. The van der Waals surface area contributed by atoms with Crippen molar-refractivity contribution >= 4 is 5.69 Å². The summed E-state index contributed by atoms with van der Waals surface area (Å²) in [5.41, 5.74) is 2.23. The fourth-order valence-corrected chi connectivity index (χ4v) is 1.71. The molecular formula is C16H14FNO. The van der Waals surface area contributed by atoms with Gasteiger partial charge >= 0.3 is 0 Å². The van der Waals surface area contributed by atoms with Crippen molar-refractivity contribution in [1.29, 1.82) is 0 Å². The van der Waals surface area contributed by atoms with Crippen LogP contribution in [0.1, 0.15) is 11.1 Å². The standard InChI is InChI=1S/C16H14FNO/c1-3-12-5-4-6-14(9-12)18-11-13-7-8-15(19-2)10-16(13)17/h1,4-10,18H,11H2,2H3. The third-order valence-electron chi connectivity index (χ3n) is 2.77. The van der Waals surface area contributed by atoms with E-state index in [1.165, 1.54) is 13.2 Å². The number of methoxy groups -OCH3 is 1. The number of hydrogen-bond donors (Lipinski definition) is 1. The highest BCUT2D eigenvalue weighted by atomic mass is 19.1. The number of rotatable bonds is 4. The molecule has 1 N–H and O–H groups in total. The Morgan fingerprint density at radius 3 is 2.79 bits per heavy atom. The lowest BCUT2D eigenvalue weighted by atomic mass is 10.1. The van der Waals surface area contributed by atoms with Gasteiger partial charge in [0, 0.05) is 29.4 Å². The van der Waals surface area contributed by atoms with Gasteiger partial charge in [-0.25, -0.2) is 4.39 Å². The maximum absolute atomic E-state index is 13.7. The fraction of sp³-hybridized carbons (Fsp3) is 0.125. The molecule has 19 heavy (non-hydrogen) atoms. The van der Waals surface area contributed by atoms with E-state index in [9.17, 15) is 4.39 Å². The van der Waals surface area contributed by atoms with Gasteiger partial charge in [0.05, 0.1) is 7.11 Å². The second-order valence-corrected chi connectivity index (χ2v) is 4.04. The van der Waals surface area contributed by atoms with E-state index in [1.807, 2.05) is 24.3 Å². The van der Waals surface area contributed by atoms with Gasteiger partial charge in [-0.15, -0.1) is 6.42 Å². The predicted molar refractivity (Wildman–Crippen MR) is 74.7 cm³/mol. The summed E-state index contributed by atoms with van der Waals surface area (Å²) in [6, 6.07) is 12.3. The molecule has 0 fully saturated rings. The van der Waals surface area contributed by atoms with Gasteiger partial charge in [-0.2, -0.15) is 0 Å². The minimum atomic E-state index is -0.292. The minimum absolute atomic E-state index is 0.292. The quantitative estimate of drug-likeness (QED) is 0.845. The summed E-state index contributed by atoms with van der Waals surface area (Å²) in [6.07, 6.45) is 5.33. The van der Waals surface area contributed by atoms with Crippen LogP contribution in [0.15, 0.2) is 42.5 Å². The molecule has 0 radical (unpaired) electrons. The predicted octanol–water partition coefficient (Wildman–Crippen LogP) is 3.43. The molecule has 2 nitrogen and oxygen atoms in total. The molecule has 0 amide bonds. The molecule has 2 aromatic rings. The van der Waals surface area contributed by atoms with Crippen LogP contribution in [-0.2, 0) is 6.54 Å². The van der Waals surface area contributed by atoms with Crippen molar-refractivity contribution in [3.05, 3.63) is 59.4 Å². The Bertz CT molecular complexity index is 616. The van der Waals surface area contributed by atoms with Gasteiger partial charge < -0.3 is 10.1 Å². The number of anilines is 1. The molecule has 0 saturated carbocycles. The van der Waals surface area contributed by atoms with Crippen molar-refractivity contribution < 1.29 is 9.13 Å². The Morgan fingerprint density at radius 2 is 2.11 bits per heavy atom. The van der Waals surface area contributed by atoms with Crippen molar-refractivity contribution in [3.8, 4) is 18.1 Å². The average molecular weight is 255 g/mol. The monoisotopic (exact) mass is 255 g/mol. The van der Waals surface area contributed by atoms with E-state index in [0.717, 1.165) is 11.3 Å². The third-order valence-corrected chi connectivity index (χ3v) is 2.77.